The summed E-state index contributed by atoms with van der Waals surface area (Å²) in [5.74, 6) is 1.80. The Bertz CT molecular complexity index is 1360. The number of rotatable bonds is 6. The van der Waals surface area contributed by atoms with Crippen LogP contribution < -0.4 is 4.74 Å². The van der Waals surface area contributed by atoms with Gasteiger partial charge in [-0.1, -0.05) is 48.5 Å². The van der Waals surface area contributed by atoms with E-state index in [1.54, 1.807) is 12.1 Å². The molecule has 1 aliphatic carbocycles. The van der Waals surface area contributed by atoms with E-state index in [-0.39, 0.29) is 17.7 Å². The van der Waals surface area contributed by atoms with Gasteiger partial charge in [0.15, 0.2) is 11.5 Å². The molecular weight excluding hydrogens is 414 g/mol. The van der Waals surface area contributed by atoms with Crippen LogP contribution in [0.5, 0.6) is 5.75 Å². The van der Waals surface area contributed by atoms with Crippen LogP contribution in [0.25, 0.3) is 11.1 Å². The van der Waals surface area contributed by atoms with Gasteiger partial charge in [0.25, 0.3) is 0 Å². The topological polar surface area (TPSA) is 67.9 Å². The van der Waals surface area contributed by atoms with Crippen LogP contribution in [-0.2, 0) is 17.8 Å². The summed E-state index contributed by atoms with van der Waals surface area (Å²) in [4.78, 5) is 17.5. The third-order valence-corrected chi connectivity index (χ3v) is 6.36. The highest BCUT2D eigenvalue weighted by molar-refractivity contribution is 6.10. The molecule has 0 bridgehead atoms. The minimum absolute atomic E-state index is 0.0230. The molecule has 4 aromatic rings. The normalized spacial score (nSPS) is 19.4. The van der Waals surface area contributed by atoms with Crippen LogP contribution >= 0.6 is 0 Å². The first-order chi connectivity index (χ1) is 16.2. The maximum Gasteiger partial charge on any atom is 0.246 e. The van der Waals surface area contributed by atoms with Crippen LogP contribution in [-0.4, -0.2) is 28.7 Å². The van der Waals surface area contributed by atoms with Gasteiger partial charge in [-0.3, -0.25) is 4.79 Å². The van der Waals surface area contributed by atoms with Crippen molar-refractivity contribution < 1.29 is 13.9 Å². The maximum absolute atomic E-state index is 12.8. The third kappa shape index (κ3) is 3.78. The van der Waals surface area contributed by atoms with Crippen LogP contribution in [0, 0.1) is 11.8 Å². The van der Waals surface area contributed by atoms with E-state index in [4.69, 9.17) is 14.3 Å². The van der Waals surface area contributed by atoms with Crippen LogP contribution in [0.15, 0.2) is 82.3 Å². The van der Waals surface area contributed by atoms with Gasteiger partial charge >= 0.3 is 0 Å². The van der Waals surface area contributed by atoms with Crippen molar-refractivity contribution in [1.29, 1.82) is 0 Å². The second kappa shape index (κ2) is 7.89. The number of benzene rings is 3. The van der Waals surface area contributed by atoms with Crippen molar-refractivity contribution in [3.05, 3.63) is 95.4 Å². The van der Waals surface area contributed by atoms with Crippen molar-refractivity contribution in [2.24, 2.45) is 16.9 Å². The van der Waals surface area contributed by atoms with Crippen LogP contribution in [0.2, 0.25) is 0 Å². The first-order valence-electron chi connectivity index (χ1n) is 11.1. The van der Waals surface area contributed by atoms with Crippen molar-refractivity contribution in [3.63, 3.8) is 0 Å². The molecule has 1 aromatic heterocycles. The summed E-state index contributed by atoms with van der Waals surface area (Å²) in [6.45, 7) is 0.446. The Kier molecular flexibility index (Phi) is 4.72. The van der Waals surface area contributed by atoms with E-state index in [1.807, 2.05) is 60.7 Å². The van der Waals surface area contributed by atoms with Crippen LogP contribution in [0.3, 0.4) is 0 Å². The Labute approximate surface area is 191 Å². The lowest BCUT2D eigenvalue weighted by Gasteiger charge is -2.23. The van der Waals surface area contributed by atoms with E-state index in [0.29, 0.717) is 18.9 Å². The fourth-order valence-corrected chi connectivity index (χ4v) is 4.48. The summed E-state index contributed by atoms with van der Waals surface area (Å²) >= 11 is 0. The predicted octanol–water partition coefficient (Wildman–Crippen LogP) is 4.81. The Morgan fingerprint density at radius 1 is 1.00 bits per heavy atom. The summed E-state index contributed by atoms with van der Waals surface area (Å²) < 4.78 is 11.3. The van der Waals surface area contributed by atoms with Gasteiger partial charge in [0.05, 0.1) is 19.4 Å². The minimum atomic E-state index is 0.0230. The molecular formula is C27H23N3O3. The van der Waals surface area contributed by atoms with E-state index in [9.17, 15) is 4.79 Å². The molecule has 33 heavy (non-hydrogen) atoms. The number of carbonyl (C=O) groups excluding carboxylic acids is 1. The number of hydrogen-bond acceptors (Lipinski definition) is 5. The molecule has 6 rings (SSSR count). The molecule has 0 spiro atoms. The number of methoxy groups -OCH3 is 1. The van der Waals surface area contributed by atoms with Gasteiger partial charge in [-0.05, 0) is 41.8 Å². The van der Waals surface area contributed by atoms with E-state index in [1.165, 1.54) is 0 Å². The van der Waals surface area contributed by atoms with Crippen molar-refractivity contribution in [3.8, 4) is 5.75 Å². The average Bonchev–Trinajstić information content (AvgIpc) is 3.55. The van der Waals surface area contributed by atoms with E-state index in [2.05, 4.69) is 17.1 Å². The number of oxazole rings is 1. The fraction of sp³-hybridized carbons (Fsp3) is 0.222. The van der Waals surface area contributed by atoms with Gasteiger partial charge in [-0.15, -0.1) is 0 Å². The minimum Gasteiger partial charge on any atom is -0.497 e. The Morgan fingerprint density at radius 3 is 2.61 bits per heavy atom. The smallest absolute Gasteiger partial charge is 0.246 e. The largest absolute Gasteiger partial charge is 0.497 e. The number of aromatic nitrogens is 1. The first-order valence-corrected chi connectivity index (χ1v) is 11.1. The fourth-order valence-electron chi connectivity index (χ4n) is 4.48. The number of hydrazone groups is 1. The highest BCUT2D eigenvalue weighted by atomic mass is 16.5. The number of amides is 1. The van der Waals surface area contributed by atoms with Gasteiger partial charge in [-0.2, -0.15) is 5.10 Å². The zero-order chi connectivity index (χ0) is 22.4. The number of fused-ring (bicyclic) bond motifs is 2. The standard InChI is InChI=1S/C27H23N3O3/c1-32-20-10-7-18(8-11-20)16-30-27(31)22-15-21(22)26(29-30)19-9-12-23-24(14-19)33-25(28-23)13-17-5-3-2-4-6-17/h2-12,14,21-22H,13,15-16H2,1H3. The molecule has 0 radical (unpaired) electrons. The molecule has 1 aliphatic heterocycles. The molecule has 6 nitrogen and oxygen atoms in total. The zero-order valence-electron chi connectivity index (χ0n) is 18.3. The third-order valence-electron chi connectivity index (χ3n) is 6.36. The molecule has 0 saturated heterocycles. The lowest BCUT2D eigenvalue weighted by molar-refractivity contribution is -0.134. The van der Waals surface area contributed by atoms with Crippen molar-refractivity contribution in [1.82, 2.24) is 9.99 Å². The second-order valence-corrected chi connectivity index (χ2v) is 8.63. The Balaban J connectivity index is 1.28. The van der Waals surface area contributed by atoms with E-state index < -0.39 is 0 Å². The highest BCUT2D eigenvalue weighted by Crippen LogP contribution is 2.46. The van der Waals surface area contributed by atoms with Gasteiger partial charge < -0.3 is 9.15 Å². The van der Waals surface area contributed by atoms with Crippen LogP contribution in [0.4, 0.5) is 0 Å². The maximum atomic E-state index is 12.8. The summed E-state index contributed by atoms with van der Waals surface area (Å²) in [7, 11) is 1.64. The molecule has 6 heteroatoms. The SMILES string of the molecule is COc1ccc(CN2N=C(c3ccc4nc(Cc5ccccc5)oc4c3)C3CC3C2=O)cc1. The van der Waals surface area contributed by atoms with E-state index >= 15 is 0 Å². The molecule has 2 atom stereocenters. The van der Waals surface area contributed by atoms with E-state index in [0.717, 1.165) is 45.7 Å². The van der Waals surface area contributed by atoms with Crippen molar-refractivity contribution in [2.75, 3.05) is 7.11 Å². The van der Waals surface area contributed by atoms with Gasteiger partial charge in [0.1, 0.15) is 11.3 Å². The molecule has 1 fully saturated rings. The molecule has 164 valence electrons. The summed E-state index contributed by atoms with van der Waals surface area (Å²) in [6.07, 6.45) is 1.51. The molecule has 1 saturated carbocycles. The summed E-state index contributed by atoms with van der Waals surface area (Å²) in [5.41, 5.74) is 5.70. The molecule has 1 amide bonds. The summed E-state index contributed by atoms with van der Waals surface area (Å²) in [5, 5.41) is 6.39. The van der Waals surface area contributed by atoms with Gasteiger partial charge in [0, 0.05) is 23.8 Å². The van der Waals surface area contributed by atoms with Gasteiger partial charge in [0.2, 0.25) is 5.91 Å². The number of nitrogens with zero attached hydrogens (tertiary/aromatic N) is 3. The van der Waals surface area contributed by atoms with Crippen molar-refractivity contribution in [2.45, 2.75) is 19.4 Å². The average molecular weight is 437 g/mol. The number of ether oxygens (including phenoxy) is 1. The first kappa shape index (κ1) is 19.7. The van der Waals surface area contributed by atoms with Crippen LogP contribution in [0.1, 0.15) is 29.0 Å². The molecule has 3 aromatic carbocycles. The zero-order valence-corrected chi connectivity index (χ0v) is 18.3. The number of hydrogen-bond donors (Lipinski definition) is 0. The van der Waals surface area contributed by atoms with Gasteiger partial charge in [-0.25, -0.2) is 9.99 Å². The molecule has 2 unspecified atom stereocenters. The second-order valence-electron chi connectivity index (χ2n) is 8.63. The number of carbonyl (C=O) groups is 1. The lowest BCUT2D eigenvalue weighted by Crippen LogP contribution is -2.33. The Morgan fingerprint density at radius 2 is 1.82 bits per heavy atom. The molecule has 2 aliphatic rings. The quantitative estimate of drug-likeness (QED) is 0.434. The lowest BCUT2D eigenvalue weighted by atomic mass is 10.0. The summed E-state index contributed by atoms with van der Waals surface area (Å²) in [6, 6.07) is 23.9. The molecule has 2 heterocycles. The molecule has 0 N–H and O–H groups in total. The predicted molar refractivity (Wildman–Crippen MR) is 125 cm³/mol. The highest BCUT2D eigenvalue weighted by Gasteiger charge is 2.51. The Hall–Kier alpha value is -3.93. The monoisotopic (exact) mass is 437 g/mol. The van der Waals surface area contributed by atoms with Crippen molar-refractivity contribution >= 4 is 22.7 Å².